The van der Waals surface area contributed by atoms with E-state index in [1.54, 1.807) is 0 Å². The van der Waals surface area contributed by atoms with Crippen molar-refractivity contribution in [2.75, 3.05) is 0 Å². The Balaban J connectivity index is 2.05. The average Bonchev–Trinajstić information content (AvgIpc) is 2.82. The van der Waals surface area contributed by atoms with Crippen LogP contribution in [0.25, 0.3) is 10.8 Å². The summed E-state index contributed by atoms with van der Waals surface area (Å²) in [6.45, 7) is 1.11. The van der Waals surface area contributed by atoms with E-state index in [4.69, 9.17) is 0 Å². The molecule has 1 aliphatic heterocycles. The molecule has 3 rings (SSSR count). The fraction of sp³-hybridized carbons (Fsp3) is 0.391. The van der Waals surface area contributed by atoms with Crippen molar-refractivity contribution < 1.29 is 57.4 Å². The highest BCUT2D eigenvalue weighted by Gasteiger charge is 2.84. The van der Waals surface area contributed by atoms with Gasteiger partial charge in [-0.1, -0.05) is 37.3 Å². The van der Waals surface area contributed by atoms with E-state index in [1.807, 2.05) is 6.92 Å². The molecule has 0 spiro atoms. The summed E-state index contributed by atoms with van der Waals surface area (Å²) in [7, 11) is -7.36. The molecule has 2 aromatic carbocycles. The zero-order chi connectivity index (χ0) is 28.9. The van der Waals surface area contributed by atoms with Crippen LogP contribution in [0.4, 0.5) is 35.1 Å². The summed E-state index contributed by atoms with van der Waals surface area (Å²) in [6, 6.07) is 6.04. The summed E-state index contributed by atoms with van der Waals surface area (Å²) in [5, 5.41) is -7.72. The number of halogens is 8. The van der Waals surface area contributed by atoms with Crippen molar-refractivity contribution >= 4 is 32.7 Å². The number of carbonyl (C=O) groups is 2. The van der Waals surface area contributed by atoms with Crippen LogP contribution in [0.5, 0.6) is 0 Å². The van der Waals surface area contributed by atoms with Crippen LogP contribution in [0.15, 0.2) is 30.3 Å². The van der Waals surface area contributed by atoms with Gasteiger partial charge in [0.25, 0.3) is 11.8 Å². The fourth-order valence-electron chi connectivity index (χ4n) is 3.43. The standard InChI is InChI=1S/C23H17F8NO5S/c1-3-4-5-6-8-13-11-12-16-17-14(13)9-7-10-15(17)18(33)32(19(16)34)37-38(35,36)23(30,31)22(28,29)21(26,27)20(2,24)25/h7,9-12H,3-5H2,1-2H3. The second-order valence-electron chi connectivity index (χ2n) is 8.28. The van der Waals surface area contributed by atoms with Crippen LogP contribution in [0.3, 0.4) is 0 Å². The van der Waals surface area contributed by atoms with Gasteiger partial charge in [0.15, 0.2) is 0 Å². The summed E-state index contributed by atoms with van der Waals surface area (Å²) < 4.78 is 137. The van der Waals surface area contributed by atoms with Crippen molar-refractivity contribution in [3.05, 3.63) is 47.0 Å². The number of hydrogen-bond acceptors (Lipinski definition) is 5. The maximum atomic E-state index is 14.2. The van der Waals surface area contributed by atoms with E-state index in [-0.39, 0.29) is 10.8 Å². The lowest BCUT2D eigenvalue weighted by Crippen LogP contribution is -2.64. The Labute approximate surface area is 210 Å². The molecular formula is C23H17F8NO5S. The predicted molar refractivity (Wildman–Crippen MR) is 116 cm³/mol. The van der Waals surface area contributed by atoms with E-state index < -0.39 is 68.1 Å². The van der Waals surface area contributed by atoms with Crippen LogP contribution >= 0.6 is 0 Å². The van der Waals surface area contributed by atoms with Gasteiger partial charge in [0.1, 0.15) is 0 Å². The lowest BCUT2D eigenvalue weighted by molar-refractivity contribution is -0.344. The highest BCUT2D eigenvalue weighted by Crippen LogP contribution is 2.54. The Kier molecular flexibility index (Phi) is 7.32. The molecule has 2 amide bonds. The minimum atomic E-state index is -7.36. The minimum Gasteiger partial charge on any atom is -0.266 e. The Morgan fingerprint density at radius 2 is 1.47 bits per heavy atom. The average molecular weight is 571 g/mol. The number of carbonyl (C=O) groups excluding carboxylic acids is 2. The highest BCUT2D eigenvalue weighted by molar-refractivity contribution is 7.87. The second-order valence-corrected chi connectivity index (χ2v) is 9.85. The first-order chi connectivity index (χ1) is 17.3. The van der Waals surface area contributed by atoms with Crippen LogP contribution in [0.1, 0.15) is 59.4 Å². The van der Waals surface area contributed by atoms with E-state index in [9.17, 15) is 53.1 Å². The Hall–Kier alpha value is -3.25. The molecule has 0 aromatic heterocycles. The number of hydrogen-bond donors (Lipinski definition) is 0. The minimum absolute atomic E-state index is 0.0868. The molecule has 206 valence electrons. The van der Waals surface area contributed by atoms with Gasteiger partial charge >= 0.3 is 33.1 Å². The van der Waals surface area contributed by atoms with Gasteiger partial charge in [0, 0.05) is 24.3 Å². The molecule has 0 saturated carbocycles. The molecule has 0 bridgehead atoms. The van der Waals surface area contributed by atoms with Crippen LogP contribution in [-0.2, 0) is 14.4 Å². The summed E-state index contributed by atoms with van der Waals surface area (Å²) in [4.78, 5) is 25.6. The molecule has 0 unspecified atom stereocenters. The molecular weight excluding hydrogens is 554 g/mol. The first-order valence-electron chi connectivity index (χ1n) is 10.7. The Morgan fingerprint density at radius 1 is 0.895 bits per heavy atom. The molecule has 6 nitrogen and oxygen atoms in total. The summed E-state index contributed by atoms with van der Waals surface area (Å²) >= 11 is 0. The summed E-state index contributed by atoms with van der Waals surface area (Å²) in [5.74, 6) is -17.7. The lowest BCUT2D eigenvalue weighted by Gasteiger charge is -2.35. The second kappa shape index (κ2) is 9.49. The van der Waals surface area contributed by atoms with Crippen LogP contribution in [0, 0.1) is 11.8 Å². The van der Waals surface area contributed by atoms with Crippen molar-refractivity contribution in [1.82, 2.24) is 5.06 Å². The van der Waals surface area contributed by atoms with Crippen LogP contribution in [0.2, 0.25) is 0 Å². The number of nitrogens with zero attached hydrogens (tertiary/aromatic N) is 1. The molecule has 0 fully saturated rings. The maximum Gasteiger partial charge on any atom is 0.440 e. The first-order valence-corrected chi connectivity index (χ1v) is 12.1. The largest absolute Gasteiger partial charge is 0.440 e. The van der Waals surface area contributed by atoms with Gasteiger partial charge < -0.3 is 0 Å². The number of unbranched alkanes of at least 4 members (excludes halogenated alkanes) is 2. The number of hydroxylamine groups is 2. The molecule has 0 N–H and O–H groups in total. The van der Waals surface area contributed by atoms with Gasteiger partial charge in [-0.05, 0) is 30.0 Å². The predicted octanol–water partition coefficient (Wildman–Crippen LogP) is 5.76. The van der Waals surface area contributed by atoms with Crippen molar-refractivity contribution in [2.45, 2.75) is 56.1 Å². The van der Waals surface area contributed by atoms with E-state index in [1.165, 1.54) is 18.2 Å². The Morgan fingerprint density at radius 3 is 2.03 bits per heavy atom. The number of alkyl halides is 8. The Bertz CT molecular complexity index is 1450. The monoisotopic (exact) mass is 571 g/mol. The molecule has 0 radical (unpaired) electrons. The normalized spacial score (nSPS) is 15.1. The molecule has 2 aromatic rings. The number of imide groups is 1. The summed E-state index contributed by atoms with van der Waals surface area (Å²) in [6.07, 6.45) is 2.18. The van der Waals surface area contributed by atoms with Crippen molar-refractivity contribution in [3.8, 4) is 11.8 Å². The molecule has 38 heavy (non-hydrogen) atoms. The molecule has 15 heteroatoms. The van der Waals surface area contributed by atoms with Gasteiger partial charge in [-0.25, -0.2) is 0 Å². The zero-order valence-electron chi connectivity index (χ0n) is 19.4. The van der Waals surface area contributed by atoms with E-state index in [0.717, 1.165) is 25.0 Å². The maximum absolute atomic E-state index is 14.2. The number of amides is 2. The molecule has 1 heterocycles. The van der Waals surface area contributed by atoms with Gasteiger partial charge in [-0.15, -0.1) is 9.35 Å². The van der Waals surface area contributed by atoms with Gasteiger partial charge in [-0.2, -0.15) is 43.5 Å². The third-order valence-corrected chi connectivity index (χ3v) is 6.78. The lowest BCUT2D eigenvalue weighted by atomic mass is 9.92. The number of benzene rings is 2. The third kappa shape index (κ3) is 4.39. The van der Waals surface area contributed by atoms with Gasteiger partial charge in [-0.3, -0.25) is 9.59 Å². The van der Waals surface area contributed by atoms with Crippen molar-refractivity contribution in [1.29, 1.82) is 0 Å². The van der Waals surface area contributed by atoms with E-state index in [2.05, 4.69) is 16.1 Å². The van der Waals surface area contributed by atoms with Crippen molar-refractivity contribution in [3.63, 3.8) is 0 Å². The fourth-order valence-corrected chi connectivity index (χ4v) is 4.30. The van der Waals surface area contributed by atoms with Crippen LogP contribution < -0.4 is 0 Å². The quantitative estimate of drug-likeness (QED) is 0.174. The molecule has 1 aliphatic rings. The number of rotatable bonds is 8. The van der Waals surface area contributed by atoms with Gasteiger partial charge in [0.2, 0.25) is 0 Å². The van der Waals surface area contributed by atoms with E-state index in [0.29, 0.717) is 12.0 Å². The SMILES string of the molecule is CCCCC#Cc1ccc2c3c(cccc13)C(=O)N(OS(=O)(=O)C(F)(F)C(F)(F)C(F)(F)C(C)(F)F)C2=O. The highest BCUT2D eigenvalue weighted by atomic mass is 32.2. The molecule has 0 saturated heterocycles. The smallest absolute Gasteiger partial charge is 0.266 e. The first kappa shape index (κ1) is 29.3. The topological polar surface area (TPSA) is 80.8 Å². The molecule has 0 aliphatic carbocycles. The van der Waals surface area contributed by atoms with E-state index >= 15 is 0 Å². The third-order valence-electron chi connectivity index (χ3n) is 5.55. The van der Waals surface area contributed by atoms with Crippen LogP contribution in [-0.4, -0.2) is 48.3 Å². The van der Waals surface area contributed by atoms with Crippen molar-refractivity contribution in [2.24, 2.45) is 0 Å². The molecule has 0 atom stereocenters. The zero-order valence-corrected chi connectivity index (χ0v) is 20.2. The summed E-state index contributed by atoms with van der Waals surface area (Å²) in [5.41, 5.74) is -0.645. The van der Waals surface area contributed by atoms with Gasteiger partial charge in [0.05, 0.1) is 11.1 Å².